The highest BCUT2D eigenvalue weighted by molar-refractivity contribution is 9.10. The number of carbonyl (C=O) groups excluding carboxylic acids is 2. The molecular weight excluding hydrogens is 350 g/mol. The third-order valence-corrected chi connectivity index (χ3v) is 3.19. The Hall–Kier alpha value is -1.76. The number of hydrogen-bond acceptors (Lipinski definition) is 4. The Morgan fingerprint density at radius 3 is 2.45 bits per heavy atom. The molecule has 7 heteroatoms. The number of hydrogen-bond donors (Lipinski definition) is 3. The van der Waals surface area contributed by atoms with Gasteiger partial charge < -0.3 is 21.1 Å². The summed E-state index contributed by atoms with van der Waals surface area (Å²) < 4.78 is 6.04. The molecule has 0 fully saturated rings. The number of anilines is 1. The summed E-state index contributed by atoms with van der Waals surface area (Å²) in [5.41, 5.74) is 5.53. The van der Waals surface area contributed by atoms with E-state index in [1.54, 1.807) is 33.8 Å². The number of primary amides is 1. The van der Waals surface area contributed by atoms with Crippen molar-refractivity contribution in [3.05, 3.63) is 28.7 Å². The van der Waals surface area contributed by atoms with Gasteiger partial charge in [-0.15, -0.1) is 0 Å². The highest BCUT2D eigenvalue weighted by Crippen LogP contribution is 2.17. The van der Waals surface area contributed by atoms with Crippen LogP contribution in [0.25, 0.3) is 0 Å². The van der Waals surface area contributed by atoms with Gasteiger partial charge in [-0.3, -0.25) is 4.79 Å². The zero-order chi connectivity index (χ0) is 16.9. The van der Waals surface area contributed by atoms with Gasteiger partial charge in [-0.05, 0) is 45.9 Å². The van der Waals surface area contributed by atoms with E-state index in [4.69, 9.17) is 10.5 Å². The number of nitrogens with one attached hydrogen (secondary N) is 2. The molecule has 0 saturated carbocycles. The van der Waals surface area contributed by atoms with Crippen molar-refractivity contribution in [1.82, 2.24) is 5.32 Å². The number of amides is 2. The minimum absolute atomic E-state index is 0.536. The number of rotatable bonds is 5. The molecule has 122 valence electrons. The third kappa shape index (κ3) is 6.34. The van der Waals surface area contributed by atoms with Crippen molar-refractivity contribution >= 4 is 33.6 Å². The number of benzene rings is 1. The van der Waals surface area contributed by atoms with Crippen LogP contribution >= 0.6 is 15.9 Å². The molecule has 0 spiro atoms. The summed E-state index contributed by atoms with van der Waals surface area (Å²) in [6.07, 6.45) is -0.595. The summed E-state index contributed by atoms with van der Waals surface area (Å²) >= 11 is 3.35. The predicted octanol–water partition coefficient (Wildman–Crippen LogP) is 2.63. The molecule has 2 amide bonds. The summed E-state index contributed by atoms with van der Waals surface area (Å²) in [5.74, 6) is -0.566. The van der Waals surface area contributed by atoms with Gasteiger partial charge in [-0.1, -0.05) is 22.0 Å². The monoisotopic (exact) mass is 371 g/mol. The first kappa shape index (κ1) is 18.3. The lowest BCUT2D eigenvalue weighted by Crippen LogP contribution is -2.52. The number of nitrogens with two attached hydrogens (primary N) is 1. The molecule has 0 aliphatic rings. The first-order valence-electron chi connectivity index (χ1n) is 6.89. The molecule has 1 rings (SSSR count). The predicted molar refractivity (Wildman–Crippen MR) is 89.6 cm³/mol. The van der Waals surface area contributed by atoms with Crippen molar-refractivity contribution < 1.29 is 14.3 Å². The van der Waals surface area contributed by atoms with Gasteiger partial charge >= 0.3 is 6.09 Å². The second kappa shape index (κ2) is 7.49. The van der Waals surface area contributed by atoms with Crippen molar-refractivity contribution in [3.63, 3.8) is 0 Å². The van der Waals surface area contributed by atoms with E-state index in [-0.39, 0.29) is 0 Å². The molecule has 0 aliphatic carbocycles. The molecule has 0 heterocycles. The van der Waals surface area contributed by atoms with Crippen molar-refractivity contribution in [3.8, 4) is 0 Å². The average Bonchev–Trinajstić information content (AvgIpc) is 2.32. The van der Waals surface area contributed by atoms with Crippen LogP contribution in [-0.2, 0) is 9.53 Å². The average molecular weight is 372 g/mol. The molecule has 1 aromatic carbocycles. The highest BCUT2D eigenvalue weighted by atomic mass is 79.9. The van der Waals surface area contributed by atoms with Crippen molar-refractivity contribution in [1.29, 1.82) is 0 Å². The van der Waals surface area contributed by atoms with Gasteiger partial charge in [0.05, 0.1) is 6.04 Å². The van der Waals surface area contributed by atoms with Gasteiger partial charge in [0.25, 0.3) is 0 Å². The van der Waals surface area contributed by atoms with Crippen LogP contribution in [0.3, 0.4) is 0 Å². The fourth-order valence-electron chi connectivity index (χ4n) is 1.78. The Morgan fingerprint density at radius 1 is 1.32 bits per heavy atom. The molecular formula is C15H22BrN3O3. The number of alkyl carbamates (subject to hydrolysis) is 1. The van der Waals surface area contributed by atoms with Crippen LogP contribution in [0, 0.1) is 0 Å². The minimum Gasteiger partial charge on any atom is -0.444 e. The largest absolute Gasteiger partial charge is 0.444 e. The molecule has 0 bridgehead atoms. The normalized spacial score (nSPS) is 13.9. The Balaban J connectivity index is 2.74. The van der Waals surface area contributed by atoms with Crippen LogP contribution in [0.15, 0.2) is 28.7 Å². The number of halogens is 1. The molecule has 0 aromatic heterocycles. The molecule has 2 unspecified atom stereocenters. The van der Waals surface area contributed by atoms with Gasteiger partial charge in [-0.25, -0.2) is 4.79 Å². The number of carbonyl (C=O) groups is 2. The zero-order valence-electron chi connectivity index (χ0n) is 13.1. The molecule has 6 nitrogen and oxygen atoms in total. The van der Waals surface area contributed by atoms with E-state index in [9.17, 15) is 9.59 Å². The quantitative estimate of drug-likeness (QED) is 0.741. The Bertz CT molecular complexity index is 543. The van der Waals surface area contributed by atoms with Gasteiger partial charge in [0.2, 0.25) is 5.91 Å². The first-order chi connectivity index (χ1) is 10.1. The molecule has 2 atom stereocenters. The first-order valence-corrected chi connectivity index (χ1v) is 7.69. The fourth-order valence-corrected chi connectivity index (χ4v) is 2.18. The number of ether oxygens (including phenoxy) is 1. The zero-order valence-corrected chi connectivity index (χ0v) is 14.7. The van der Waals surface area contributed by atoms with Crippen LogP contribution in [0.2, 0.25) is 0 Å². The summed E-state index contributed by atoms with van der Waals surface area (Å²) in [7, 11) is 0. The molecule has 0 radical (unpaired) electrons. The van der Waals surface area contributed by atoms with E-state index in [1.165, 1.54) is 0 Å². The van der Waals surface area contributed by atoms with Crippen molar-refractivity contribution in [2.45, 2.75) is 45.4 Å². The smallest absolute Gasteiger partial charge is 0.407 e. The standard InChI is InChI=1S/C15H22BrN3O3/c1-9(18-14(21)22-15(2,3)4)12(13(17)20)19-11-7-5-6-10(16)8-11/h5-9,12,19H,1-4H3,(H2,17,20)(H,18,21). The van der Waals surface area contributed by atoms with Crippen LogP contribution in [0.5, 0.6) is 0 Å². The molecule has 22 heavy (non-hydrogen) atoms. The van der Waals surface area contributed by atoms with Crippen molar-refractivity contribution in [2.75, 3.05) is 5.32 Å². The van der Waals surface area contributed by atoms with Gasteiger partial charge in [0, 0.05) is 10.2 Å². The van der Waals surface area contributed by atoms with Gasteiger partial charge in [0.1, 0.15) is 11.6 Å². The molecule has 1 aromatic rings. The van der Waals surface area contributed by atoms with E-state index >= 15 is 0 Å². The summed E-state index contributed by atoms with van der Waals surface area (Å²) in [6, 6.07) is 6.02. The molecule has 4 N–H and O–H groups in total. The fraction of sp³-hybridized carbons (Fsp3) is 0.467. The molecule has 0 aliphatic heterocycles. The van der Waals surface area contributed by atoms with Crippen LogP contribution in [-0.4, -0.2) is 29.7 Å². The summed E-state index contributed by atoms with van der Waals surface area (Å²) in [4.78, 5) is 23.4. The summed E-state index contributed by atoms with van der Waals surface area (Å²) in [5, 5.41) is 5.63. The van der Waals surface area contributed by atoms with E-state index in [0.29, 0.717) is 0 Å². The second-order valence-corrected chi connectivity index (χ2v) is 6.89. The van der Waals surface area contributed by atoms with E-state index in [0.717, 1.165) is 10.2 Å². The lowest BCUT2D eigenvalue weighted by atomic mass is 10.1. The lowest BCUT2D eigenvalue weighted by molar-refractivity contribution is -0.119. The van der Waals surface area contributed by atoms with E-state index in [2.05, 4.69) is 26.6 Å². The van der Waals surface area contributed by atoms with Gasteiger partial charge in [-0.2, -0.15) is 0 Å². The molecule has 0 saturated heterocycles. The van der Waals surface area contributed by atoms with E-state index < -0.39 is 29.7 Å². The Labute approximate surface area is 138 Å². The van der Waals surface area contributed by atoms with Crippen molar-refractivity contribution in [2.24, 2.45) is 5.73 Å². The topological polar surface area (TPSA) is 93.4 Å². The summed E-state index contributed by atoms with van der Waals surface area (Å²) in [6.45, 7) is 6.98. The maximum atomic E-state index is 11.8. The SMILES string of the molecule is CC(NC(=O)OC(C)(C)C)C(Nc1cccc(Br)c1)C(N)=O. The van der Waals surface area contributed by atoms with Gasteiger partial charge in [0.15, 0.2) is 0 Å². The maximum absolute atomic E-state index is 11.8. The van der Waals surface area contributed by atoms with Crippen LogP contribution in [0.1, 0.15) is 27.7 Å². The maximum Gasteiger partial charge on any atom is 0.407 e. The van der Waals surface area contributed by atoms with E-state index in [1.807, 2.05) is 18.2 Å². The third-order valence-electron chi connectivity index (χ3n) is 2.70. The Morgan fingerprint density at radius 2 is 1.95 bits per heavy atom. The second-order valence-electron chi connectivity index (χ2n) is 5.97. The Kier molecular flexibility index (Phi) is 6.22. The lowest BCUT2D eigenvalue weighted by Gasteiger charge is -2.26. The highest BCUT2D eigenvalue weighted by Gasteiger charge is 2.26. The van der Waals surface area contributed by atoms with Crippen LogP contribution < -0.4 is 16.4 Å². The van der Waals surface area contributed by atoms with Crippen LogP contribution in [0.4, 0.5) is 10.5 Å². The minimum atomic E-state index is -0.762.